The summed E-state index contributed by atoms with van der Waals surface area (Å²) < 4.78 is 143. The van der Waals surface area contributed by atoms with Gasteiger partial charge in [-0.1, -0.05) is 18.2 Å². The van der Waals surface area contributed by atoms with Crippen LogP contribution in [0.25, 0.3) is 0 Å². The maximum absolute atomic E-state index is 12.3. The molecule has 1 N–H and O–H groups in total. The average molecular weight is 1030 g/mol. The lowest BCUT2D eigenvalue weighted by atomic mass is 9.76. The zero-order chi connectivity index (χ0) is 50.7. The van der Waals surface area contributed by atoms with Crippen molar-refractivity contribution in [1.29, 1.82) is 0 Å². The Morgan fingerprint density at radius 1 is 0.681 bits per heavy atom. The summed E-state index contributed by atoms with van der Waals surface area (Å²) in [5.74, 6) is -1.53. The fourth-order valence-electron chi connectivity index (χ4n) is 8.57. The number of nitrogens with zero attached hydrogens (tertiary/aromatic N) is 2. The number of hydrogen-bond donors (Lipinski definition) is 1. The Morgan fingerprint density at radius 2 is 1.23 bits per heavy atom. The summed E-state index contributed by atoms with van der Waals surface area (Å²) in [7, 11) is -12.6. The van der Waals surface area contributed by atoms with Crippen LogP contribution in [0.1, 0.15) is 76.8 Å². The van der Waals surface area contributed by atoms with Gasteiger partial charge >= 0.3 is 5.97 Å². The number of carboxylic acid groups (broad SMARTS) is 1. The number of unbranched alkanes of at least 4 members (excludes halogenated alkanes) is 2. The van der Waals surface area contributed by atoms with Crippen LogP contribution in [-0.2, 0) is 74.4 Å². The number of fused-ring (bicyclic) bond motifs is 2. The molecule has 2 aromatic carbocycles. The van der Waals surface area contributed by atoms with Crippen molar-refractivity contribution in [2.24, 2.45) is 0 Å². The number of rotatable bonds is 34. The van der Waals surface area contributed by atoms with Crippen LogP contribution in [-0.4, -0.2) is 159 Å². The van der Waals surface area contributed by atoms with Gasteiger partial charge in [-0.15, -0.1) is 0 Å². The van der Waals surface area contributed by atoms with Crippen molar-refractivity contribution in [3.05, 3.63) is 83.6 Å². The SMILES string of the molecule is CCN1/C(=C/C=C/C=C/C2=[N+](CCCCCC(=O)O)c3ccc(S(=O)(=O)[O-])cc3C2(C)CCOCCOCCOCCOCCOCCOC)C(C)(CCCS(=O)(=O)[O-])c2cc(S(=O)(=O)[O-])ccc21. The highest BCUT2D eigenvalue weighted by molar-refractivity contribution is 7.86. The Hall–Kier alpha value is -3.91. The van der Waals surface area contributed by atoms with Gasteiger partial charge in [-0.3, -0.25) is 4.79 Å². The first-order chi connectivity index (χ1) is 32.7. The second kappa shape index (κ2) is 27.1. The molecule has 22 heteroatoms. The fraction of sp³-hybridized carbons (Fsp3) is 0.574. The number of allylic oxidation sites excluding steroid dienone is 6. The molecule has 69 heavy (non-hydrogen) atoms. The largest absolute Gasteiger partial charge is 0.748 e. The molecule has 0 spiro atoms. The third-order valence-electron chi connectivity index (χ3n) is 12.1. The minimum absolute atomic E-state index is 0.0155. The van der Waals surface area contributed by atoms with Crippen molar-refractivity contribution in [3.63, 3.8) is 0 Å². The number of anilines is 1. The quantitative estimate of drug-likeness (QED) is 0.0429. The van der Waals surface area contributed by atoms with Crippen LogP contribution in [0, 0.1) is 0 Å². The van der Waals surface area contributed by atoms with Crippen molar-refractivity contribution in [2.45, 2.75) is 86.3 Å². The Kier molecular flexibility index (Phi) is 22.6. The maximum atomic E-state index is 12.3. The second-order valence-electron chi connectivity index (χ2n) is 16.9. The van der Waals surface area contributed by atoms with E-state index in [1.54, 1.807) is 37.5 Å². The molecule has 19 nitrogen and oxygen atoms in total. The molecule has 0 radical (unpaired) electrons. The molecule has 386 valence electrons. The first kappa shape index (κ1) is 57.7. The molecule has 0 fully saturated rings. The van der Waals surface area contributed by atoms with Crippen LogP contribution >= 0.6 is 0 Å². The summed E-state index contributed by atoms with van der Waals surface area (Å²) in [6, 6.07) is 8.37. The molecule has 2 aromatic rings. The van der Waals surface area contributed by atoms with Crippen molar-refractivity contribution in [1.82, 2.24) is 0 Å². The second-order valence-corrected chi connectivity index (χ2v) is 21.2. The van der Waals surface area contributed by atoms with Gasteiger partial charge in [0.25, 0.3) is 0 Å². The van der Waals surface area contributed by atoms with E-state index in [2.05, 4.69) is 0 Å². The number of hydrogen-bond acceptors (Lipinski definition) is 17. The maximum Gasteiger partial charge on any atom is 0.303 e. The minimum atomic E-state index is -4.83. The molecule has 2 aliphatic heterocycles. The van der Waals surface area contributed by atoms with Gasteiger partial charge < -0.3 is 52.1 Å². The lowest BCUT2D eigenvalue weighted by Crippen LogP contribution is -2.33. The smallest absolute Gasteiger partial charge is 0.303 e. The zero-order valence-corrected chi connectivity index (χ0v) is 42.2. The van der Waals surface area contributed by atoms with Gasteiger partial charge in [0.2, 0.25) is 5.69 Å². The standard InChI is InChI=1S/C47H68N2O17S3/c1-5-48-41-18-16-37(68(55,56)57)35-39(41)46(2,20-12-34-67(52,53)54)43(48)13-8-6-9-14-44-47(3,21-23-62-26-27-64-30-31-66-33-32-65-29-28-63-25-24-61-4)40-36-38(69(58,59)60)17-19-42(40)49(44)22-11-7-10-15-45(50)51/h6,8-9,13-14,16-19,35-36H,5,7,10-12,15,20-34H2,1-4H3,(H3-,50,51,52,53,54,55,56,57,58,59,60)/p-2. The van der Waals surface area contributed by atoms with Crippen LogP contribution in [0.5, 0.6) is 0 Å². The van der Waals surface area contributed by atoms with Gasteiger partial charge in [-0.25, -0.2) is 25.3 Å². The highest BCUT2D eigenvalue weighted by atomic mass is 32.2. The molecular formula is C47H66N2O17S3-2. The first-order valence-corrected chi connectivity index (χ1v) is 27.3. The Labute approximate surface area is 407 Å². The molecule has 0 aliphatic carbocycles. The van der Waals surface area contributed by atoms with Gasteiger partial charge in [0, 0.05) is 73.4 Å². The van der Waals surface area contributed by atoms with Crippen LogP contribution in [0.15, 0.2) is 82.3 Å². The fourth-order valence-corrected chi connectivity index (χ4v) is 10.1. The predicted molar refractivity (Wildman–Crippen MR) is 253 cm³/mol. The van der Waals surface area contributed by atoms with E-state index in [4.69, 9.17) is 28.4 Å². The molecule has 0 bridgehead atoms. The molecule has 0 saturated carbocycles. The predicted octanol–water partition coefficient (Wildman–Crippen LogP) is 4.74. The number of aliphatic carboxylic acids is 1. The third kappa shape index (κ3) is 17.1. The van der Waals surface area contributed by atoms with E-state index in [-0.39, 0.29) is 37.4 Å². The number of benzene rings is 2. The summed E-state index contributed by atoms with van der Waals surface area (Å²) >= 11 is 0. The van der Waals surface area contributed by atoms with Crippen LogP contribution in [0.3, 0.4) is 0 Å². The molecule has 2 heterocycles. The number of ether oxygens (including phenoxy) is 6. The zero-order valence-electron chi connectivity index (χ0n) is 39.8. The van der Waals surface area contributed by atoms with Gasteiger partial charge in [-0.05, 0) is 94.8 Å². The van der Waals surface area contributed by atoms with Crippen LogP contribution < -0.4 is 4.90 Å². The number of methoxy groups -OCH3 is 1. The number of likely N-dealkylation sites (N-methyl/N-ethyl adjacent to an activating group) is 1. The first-order valence-electron chi connectivity index (χ1n) is 22.9. The average Bonchev–Trinajstić information content (AvgIpc) is 3.65. The monoisotopic (exact) mass is 1030 g/mol. The lowest BCUT2D eigenvalue weighted by molar-refractivity contribution is -0.438. The third-order valence-corrected chi connectivity index (χ3v) is 14.5. The van der Waals surface area contributed by atoms with Crippen molar-refractivity contribution in [2.75, 3.05) is 104 Å². The Balaban J connectivity index is 1.56. The minimum Gasteiger partial charge on any atom is -0.748 e. The van der Waals surface area contributed by atoms with Gasteiger partial charge in [0.1, 0.15) is 26.8 Å². The van der Waals surface area contributed by atoms with Gasteiger partial charge in [0.05, 0.1) is 91.4 Å². The van der Waals surface area contributed by atoms with Gasteiger partial charge in [-0.2, -0.15) is 4.58 Å². The van der Waals surface area contributed by atoms with Crippen LogP contribution in [0.4, 0.5) is 11.4 Å². The highest BCUT2D eigenvalue weighted by Crippen LogP contribution is 2.51. The molecule has 0 amide bonds. The normalized spacial score (nSPS) is 19.2. The topological polar surface area (TPSA) is 271 Å². The molecule has 0 saturated heterocycles. The molecule has 2 atom stereocenters. The van der Waals surface area contributed by atoms with E-state index in [1.165, 1.54) is 24.3 Å². The molecular weight excluding hydrogens is 961 g/mol. The summed E-state index contributed by atoms with van der Waals surface area (Å²) in [6.07, 6.45) is 11.2. The van der Waals surface area contributed by atoms with E-state index in [0.717, 1.165) is 5.71 Å². The highest BCUT2D eigenvalue weighted by Gasteiger charge is 2.48. The molecule has 0 aromatic heterocycles. The van der Waals surface area contributed by atoms with E-state index in [0.29, 0.717) is 126 Å². The van der Waals surface area contributed by atoms with Crippen molar-refractivity contribution >= 4 is 53.4 Å². The van der Waals surface area contributed by atoms with Crippen LogP contribution in [0.2, 0.25) is 0 Å². The van der Waals surface area contributed by atoms with E-state index < -0.39 is 57.8 Å². The van der Waals surface area contributed by atoms with Gasteiger partial charge in [0.15, 0.2) is 5.71 Å². The summed E-state index contributed by atoms with van der Waals surface area (Å²) in [5, 5.41) is 9.21. The summed E-state index contributed by atoms with van der Waals surface area (Å²) in [5.41, 5.74) is 2.02. The summed E-state index contributed by atoms with van der Waals surface area (Å²) in [6.45, 7) is 10.8. The molecule has 2 unspecified atom stereocenters. The number of carboxylic acids is 1. The Bertz CT molecular complexity index is 2490. The molecule has 2 aliphatic rings. The lowest BCUT2D eigenvalue weighted by Gasteiger charge is -2.30. The van der Waals surface area contributed by atoms with E-state index >= 15 is 0 Å². The Morgan fingerprint density at radius 3 is 1.77 bits per heavy atom. The summed E-state index contributed by atoms with van der Waals surface area (Å²) in [4.78, 5) is 12.4. The van der Waals surface area contributed by atoms with Crippen molar-refractivity contribution in [3.8, 4) is 0 Å². The van der Waals surface area contributed by atoms with E-state index in [1.807, 2.05) is 42.4 Å². The molecule has 4 rings (SSSR count). The number of carbonyl (C=O) groups is 1. The van der Waals surface area contributed by atoms with E-state index in [9.17, 15) is 48.8 Å². The van der Waals surface area contributed by atoms with Crippen molar-refractivity contribution < 1.29 is 81.8 Å².